The number of allylic oxidation sites excluding steroid dienone is 1. The molecular formula is C26H22N2O5S. The van der Waals surface area contributed by atoms with E-state index in [-0.39, 0.29) is 16.5 Å². The van der Waals surface area contributed by atoms with E-state index in [0.717, 1.165) is 16.9 Å². The minimum atomic E-state index is -0.920. The fourth-order valence-corrected chi connectivity index (χ4v) is 4.78. The van der Waals surface area contributed by atoms with Gasteiger partial charge < -0.3 is 9.84 Å². The van der Waals surface area contributed by atoms with Crippen molar-refractivity contribution >= 4 is 40.0 Å². The number of ketones is 2. The Labute approximate surface area is 200 Å². The summed E-state index contributed by atoms with van der Waals surface area (Å²) in [5.41, 5.74) is 1.82. The second-order valence-corrected chi connectivity index (χ2v) is 8.67. The van der Waals surface area contributed by atoms with Gasteiger partial charge >= 0.3 is 0 Å². The molecule has 0 saturated carbocycles. The fourth-order valence-electron chi connectivity index (χ4n) is 3.79. The van der Waals surface area contributed by atoms with Gasteiger partial charge in [-0.2, -0.15) is 0 Å². The molecule has 1 aliphatic rings. The monoisotopic (exact) mass is 474 g/mol. The highest BCUT2D eigenvalue weighted by atomic mass is 32.1. The predicted molar refractivity (Wildman–Crippen MR) is 130 cm³/mol. The van der Waals surface area contributed by atoms with E-state index in [4.69, 9.17) is 4.74 Å². The molecule has 0 radical (unpaired) electrons. The first-order valence-corrected chi connectivity index (χ1v) is 11.3. The molecule has 0 spiro atoms. The molecule has 1 aliphatic heterocycles. The second kappa shape index (κ2) is 9.44. The fraction of sp³-hybridized carbons (Fsp3) is 0.154. The molecule has 2 heterocycles. The number of aliphatic hydroxyl groups excluding tert-OH is 1. The number of nitrogens with zero attached hydrogens (tertiary/aromatic N) is 2. The zero-order valence-electron chi connectivity index (χ0n) is 18.8. The first kappa shape index (κ1) is 23.1. The van der Waals surface area contributed by atoms with Crippen molar-refractivity contribution in [2.75, 3.05) is 12.0 Å². The average Bonchev–Trinajstić information content (AvgIpc) is 3.35. The number of hydrogen-bond acceptors (Lipinski definition) is 7. The molecule has 172 valence electrons. The summed E-state index contributed by atoms with van der Waals surface area (Å²) in [5, 5.41) is 11.0. The van der Waals surface area contributed by atoms with Gasteiger partial charge in [-0.1, -0.05) is 59.9 Å². The number of carbonyl (C=O) groups is 3. The highest BCUT2D eigenvalue weighted by Gasteiger charge is 2.45. The maximum atomic E-state index is 13.3. The van der Waals surface area contributed by atoms with E-state index in [2.05, 4.69) is 4.98 Å². The largest absolute Gasteiger partial charge is 0.503 e. The second-order valence-electron chi connectivity index (χ2n) is 7.69. The van der Waals surface area contributed by atoms with Crippen LogP contribution >= 0.6 is 11.3 Å². The van der Waals surface area contributed by atoms with Crippen molar-refractivity contribution in [1.82, 2.24) is 4.98 Å². The number of methoxy groups -OCH3 is 1. The van der Waals surface area contributed by atoms with Crippen LogP contribution in [-0.4, -0.2) is 34.7 Å². The van der Waals surface area contributed by atoms with Crippen LogP contribution < -0.4 is 9.64 Å². The topological polar surface area (TPSA) is 96.8 Å². The molecule has 3 aromatic rings. The lowest BCUT2D eigenvalue weighted by Crippen LogP contribution is -2.30. The third-order valence-corrected chi connectivity index (χ3v) is 6.70. The Bertz CT molecular complexity index is 1320. The van der Waals surface area contributed by atoms with Gasteiger partial charge in [0.05, 0.1) is 29.3 Å². The molecule has 2 aromatic carbocycles. The summed E-state index contributed by atoms with van der Waals surface area (Å²) in [7, 11) is 1.54. The number of carbonyl (C=O) groups excluding carboxylic acids is 3. The van der Waals surface area contributed by atoms with Crippen molar-refractivity contribution in [3.8, 4) is 5.75 Å². The highest BCUT2D eigenvalue weighted by molar-refractivity contribution is 7.17. The SMILES string of the molecule is COc1ccc(C2C(C(=O)C=Cc3ccccc3)=C(O)C(=O)N2c2nc(C)c(C(C)=O)s2)cc1. The van der Waals surface area contributed by atoms with E-state index in [1.54, 1.807) is 37.3 Å². The molecular weight excluding hydrogens is 452 g/mol. The van der Waals surface area contributed by atoms with E-state index in [1.807, 2.05) is 30.3 Å². The average molecular weight is 475 g/mol. The Kier molecular flexibility index (Phi) is 6.43. The number of aryl methyl sites for hydroxylation is 1. The number of ether oxygens (including phenoxy) is 1. The zero-order chi connectivity index (χ0) is 24.4. The molecule has 1 aromatic heterocycles. The normalized spacial score (nSPS) is 15.9. The van der Waals surface area contributed by atoms with E-state index in [9.17, 15) is 19.5 Å². The molecule has 0 bridgehead atoms. The first-order valence-electron chi connectivity index (χ1n) is 10.5. The van der Waals surface area contributed by atoms with Gasteiger partial charge in [-0.3, -0.25) is 19.3 Å². The Hall–Kier alpha value is -4.04. The van der Waals surface area contributed by atoms with Crippen LogP contribution in [0.5, 0.6) is 5.75 Å². The number of aliphatic hydroxyl groups is 1. The van der Waals surface area contributed by atoms with E-state index >= 15 is 0 Å². The smallest absolute Gasteiger partial charge is 0.296 e. The summed E-state index contributed by atoms with van der Waals surface area (Å²) in [5.74, 6) is -1.46. The van der Waals surface area contributed by atoms with Crippen molar-refractivity contribution in [3.05, 3.63) is 93.7 Å². The maximum absolute atomic E-state index is 13.3. The summed E-state index contributed by atoms with van der Waals surface area (Å²) >= 11 is 1.05. The molecule has 7 nitrogen and oxygen atoms in total. The maximum Gasteiger partial charge on any atom is 0.296 e. The molecule has 8 heteroatoms. The summed E-state index contributed by atoms with van der Waals surface area (Å²) in [6, 6.07) is 15.2. The Balaban J connectivity index is 1.80. The van der Waals surface area contributed by atoms with Crippen LogP contribution in [0.2, 0.25) is 0 Å². The molecule has 1 atom stereocenters. The van der Waals surface area contributed by atoms with Crippen LogP contribution in [0.25, 0.3) is 6.08 Å². The van der Waals surface area contributed by atoms with Crippen LogP contribution in [0.3, 0.4) is 0 Å². The Morgan fingerprint density at radius 1 is 1.12 bits per heavy atom. The minimum absolute atomic E-state index is 0.0559. The standard InChI is InChI=1S/C26H22N2O5S/c1-15-24(16(2)29)34-26(27-15)28-22(18-10-12-19(33-3)13-11-18)21(23(31)25(28)32)20(30)14-9-17-7-5-4-6-8-17/h4-14,22,31H,1-3H3. The number of aromatic nitrogens is 1. The third-order valence-electron chi connectivity index (χ3n) is 5.44. The van der Waals surface area contributed by atoms with Gasteiger partial charge in [0.25, 0.3) is 5.91 Å². The quantitative estimate of drug-likeness (QED) is 0.389. The summed E-state index contributed by atoms with van der Waals surface area (Å²) in [6.07, 6.45) is 2.96. The molecule has 4 rings (SSSR count). The Morgan fingerprint density at radius 2 is 1.79 bits per heavy atom. The molecule has 0 aliphatic carbocycles. The molecule has 1 amide bonds. The highest BCUT2D eigenvalue weighted by Crippen LogP contribution is 2.43. The zero-order valence-corrected chi connectivity index (χ0v) is 19.6. The van der Waals surface area contributed by atoms with Crippen molar-refractivity contribution in [2.24, 2.45) is 0 Å². The molecule has 0 fully saturated rings. The van der Waals surface area contributed by atoms with Crippen LogP contribution in [0.4, 0.5) is 5.13 Å². The van der Waals surface area contributed by atoms with Crippen molar-refractivity contribution in [1.29, 1.82) is 0 Å². The van der Waals surface area contributed by atoms with E-state index in [0.29, 0.717) is 21.9 Å². The third kappa shape index (κ3) is 4.27. The lowest BCUT2D eigenvalue weighted by atomic mass is 9.95. The number of benzene rings is 2. The summed E-state index contributed by atoms with van der Waals surface area (Å²) in [4.78, 5) is 44.5. The van der Waals surface area contributed by atoms with Gasteiger partial charge in [-0.15, -0.1) is 0 Å². The van der Waals surface area contributed by atoms with Gasteiger partial charge in [-0.25, -0.2) is 4.98 Å². The van der Waals surface area contributed by atoms with Crippen molar-refractivity contribution in [3.63, 3.8) is 0 Å². The number of amides is 1. The number of thiazole rings is 1. The van der Waals surface area contributed by atoms with Crippen LogP contribution in [0, 0.1) is 6.92 Å². The number of anilines is 1. The van der Waals surface area contributed by atoms with Gasteiger partial charge in [0.1, 0.15) is 5.75 Å². The molecule has 1 N–H and O–H groups in total. The Morgan fingerprint density at radius 3 is 2.38 bits per heavy atom. The summed E-state index contributed by atoms with van der Waals surface area (Å²) < 4.78 is 5.22. The van der Waals surface area contributed by atoms with Gasteiger partial charge in [0.15, 0.2) is 22.5 Å². The number of Topliss-reactive ketones (excluding diaryl/α,β-unsaturated/α-hetero) is 1. The predicted octanol–water partition coefficient (Wildman–Crippen LogP) is 4.85. The molecule has 34 heavy (non-hydrogen) atoms. The molecule has 1 unspecified atom stereocenters. The van der Waals surface area contributed by atoms with Crippen molar-refractivity contribution < 1.29 is 24.2 Å². The van der Waals surface area contributed by atoms with E-state index in [1.165, 1.54) is 25.0 Å². The molecule has 0 saturated heterocycles. The van der Waals surface area contributed by atoms with Gasteiger partial charge in [0.2, 0.25) is 0 Å². The van der Waals surface area contributed by atoms with Crippen LogP contribution in [-0.2, 0) is 9.59 Å². The minimum Gasteiger partial charge on any atom is -0.503 e. The lowest BCUT2D eigenvalue weighted by Gasteiger charge is -2.24. The lowest BCUT2D eigenvalue weighted by molar-refractivity contribution is -0.117. The first-order chi connectivity index (χ1) is 16.3. The van der Waals surface area contributed by atoms with Crippen LogP contribution in [0.1, 0.15) is 39.5 Å². The number of hydrogen-bond donors (Lipinski definition) is 1. The number of rotatable bonds is 7. The summed E-state index contributed by atoms with van der Waals surface area (Å²) in [6.45, 7) is 3.11. The van der Waals surface area contributed by atoms with Gasteiger partial charge in [0, 0.05) is 6.92 Å². The van der Waals surface area contributed by atoms with Crippen LogP contribution in [0.15, 0.2) is 72.0 Å². The van der Waals surface area contributed by atoms with Crippen molar-refractivity contribution in [2.45, 2.75) is 19.9 Å². The van der Waals surface area contributed by atoms with Gasteiger partial charge in [-0.05, 0) is 36.3 Å². The van der Waals surface area contributed by atoms with E-state index < -0.39 is 23.5 Å².